The predicted octanol–water partition coefficient (Wildman–Crippen LogP) is 2.50. The molecule has 1 fully saturated rings. The topological polar surface area (TPSA) is 72.9 Å². The Hall–Kier alpha value is -1.59. The van der Waals surface area contributed by atoms with E-state index in [-0.39, 0.29) is 13.0 Å². The van der Waals surface area contributed by atoms with Crippen LogP contribution >= 0.6 is 0 Å². The lowest BCUT2D eigenvalue weighted by Gasteiger charge is -2.32. The smallest absolute Gasteiger partial charge is 0.418 e. The van der Waals surface area contributed by atoms with Gasteiger partial charge in [-0.3, -0.25) is 4.79 Å². The van der Waals surface area contributed by atoms with Gasteiger partial charge in [0, 0.05) is 5.41 Å². The molecule has 0 aromatic rings. The summed E-state index contributed by atoms with van der Waals surface area (Å²) >= 11 is 0. The number of hydrogen-bond acceptors (Lipinski definition) is 5. The highest BCUT2D eigenvalue weighted by atomic mass is 16.6. The summed E-state index contributed by atoms with van der Waals surface area (Å²) in [7, 11) is 0. The highest BCUT2D eigenvalue weighted by Gasteiger charge is 2.60. The fourth-order valence-electron chi connectivity index (χ4n) is 2.58. The van der Waals surface area contributed by atoms with Crippen molar-refractivity contribution in [1.82, 2.24) is 4.90 Å². The summed E-state index contributed by atoms with van der Waals surface area (Å²) < 4.78 is 10.3. The Bertz CT molecular complexity index is 463. The van der Waals surface area contributed by atoms with Crippen molar-refractivity contribution in [2.45, 2.75) is 66.0 Å². The number of carbonyl (C=O) groups excluding carboxylic acids is 3. The second-order valence-electron chi connectivity index (χ2n) is 7.18. The van der Waals surface area contributed by atoms with Crippen LogP contribution in [0.2, 0.25) is 0 Å². The van der Waals surface area contributed by atoms with Gasteiger partial charge in [-0.2, -0.15) is 0 Å². The molecule has 6 nitrogen and oxygen atoms in total. The fraction of sp³-hybridized carbons (Fsp3) is 0.800. The molecule has 6 heteroatoms. The van der Waals surface area contributed by atoms with E-state index >= 15 is 0 Å². The summed E-state index contributed by atoms with van der Waals surface area (Å²) in [6.07, 6.45) is -0.606. The molecule has 0 N–H and O–H groups in total. The summed E-state index contributed by atoms with van der Waals surface area (Å²) in [5.74, 6) is -1.01. The van der Waals surface area contributed by atoms with Crippen LogP contribution in [0.3, 0.4) is 0 Å². The Morgan fingerprint density at radius 2 is 1.76 bits per heavy atom. The molecule has 0 saturated carbocycles. The van der Waals surface area contributed by atoms with Crippen LogP contribution in [-0.2, 0) is 19.1 Å². The van der Waals surface area contributed by atoms with Crippen molar-refractivity contribution in [3.8, 4) is 0 Å². The lowest BCUT2D eigenvalue weighted by atomic mass is 9.84. The first kappa shape index (κ1) is 17.5. The molecular weight excluding hydrogens is 274 g/mol. The summed E-state index contributed by atoms with van der Waals surface area (Å²) in [6, 6.07) is 0. The zero-order chi connectivity index (χ0) is 16.6. The molecule has 1 aliphatic heterocycles. The number of hydrogen-bond donors (Lipinski definition) is 0. The van der Waals surface area contributed by atoms with Crippen LogP contribution in [0.4, 0.5) is 4.79 Å². The zero-order valence-electron chi connectivity index (χ0n) is 13.9. The Morgan fingerprint density at radius 1 is 1.24 bits per heavy atom. The summed E-state index contributed by atoms with van der Waals surface area (Å²) in [4.78, 5) is 38.0. The number of esters is 1. The normalized spacial score (nSPS) is 24.9. The summed E-state index contributed by atoms with van der Waals surface area (Å²) in [6.45, 7) is 11.9. The van der Waals surface area contributed by atoms with Crippen LogP contribution in [0, 0.1) is 5.41 Å². The van der Waals surface area contributed by atoms with Crippen molar-refractivity contribution < 1.29 is 23.9 Å². The quantitative estimate of drug-likeness (QED) is 0.732. The van der Waals surface area contributed by atoms with E-state index in [0.717, 1.165) is 4.90 Å². The van der Waals surface area contributed by atoms with Gasteiger partial charge in [0.15, 0.2) is 0 Å². The van der Waals surface area contributed by atoms with Crippen molar-refractivity contribution in [3.63, 3.8) is 0 Å². The lowest BCUT2D eigenvalue weighted by Crippen LogP contribution is -2.54. The van der Waals surface area contributed by atoms with Gasteiger partial charge in [0.25, 0.3) is 0 Å². The van der Waals surface area contributed by atoms with Crippen molar-refractivity contribution in [1.29, 1.82) is 0 Å². The molecule has 0 aliphatic carbocycles. The molecule has 0 spiro atoms. The van der Waals surface area contributed by atoms with Crippen LogP contribution < -0.4 is 0 Å². The highest BCUT2D eigenvalue weighted by molar-refractivity contribution is 6.04. The molecule has 1 aliphatic rings. The van der Waals surface area contributed by atoms with Crippen molar-refractivity contribution in [3.05, 3.63) is 0 Å². The number of ether oxygens (including phenoxy) is 2. The molecule has 0 unspecified atom stereocenters. The van der Waals surface area contributed by atoms with Gasteiger partial charge in [0.1, 0.15) is 11.1 Å². The number of carbonyl (C=O) groups is 3. The van der Waals surface area contributed by atoms with E-state index in [4.69, 9.17) is 9.47 Å². The van der Waals surface area contributed by atoms with Crippen LogP contribution in [0.15, 0.2) is 0 Å². The highest BCUT2D eigenvalue weighted by Crippen LogP contribution is 2.43. The number of rotatable bonds is 2. The van der Waals surface area contributed by atoms with Crippen molar-refractivity contribution in [2.24, 2.45) is 5.41 Å². The van der Waals surface area contributed by atoms with Gasteiger partial charge in [0.2, 0.25) is 5.91 Å². The maximum Gasteiger partial charge on any atom is 0.418 e. The van der Waals surface area contributed by atoms with Crippen LogP contribution in [0.1, 0.15) is 54.9 Å². The Morgan fingerprint density at radius 3 is 2.19 bits per heavy atom. The number of imide groups is 1. The molecule has 0 aromatic carbocycles. The second-order valence-corrected chi connectivity index (χ2v) is 7.18. The van der Waals surface area contributed by atoms with E-state index in [2.05, 4.69) is 0 Å². The number of likely N-dealkylation sites (tertiary alicyclic amines) is 1. The minimum absolute atomic E-state index is 0.186. The molecule has 1 saturated heterocycles. The average molecular weight is 299 g/mol. The first-order chi connectivity index (χ1) is 9.35. The van der Waals surface area contributed by atoms with Gasteiger partial charge < -0.3 is 9.47 Å². The predicted molar refractivity (Wildman–Crippen MR) is 76.5 cm³/mol. The third kappa shape index (κ3) is 3.36. The van der Waals surface area contributed by atoms with Gasteiger partial charge in [0.05, 0.1) is 6.61 Å². The standard InChI is InChI=1S/C15H25NO5/c1-8-20-11(18)15(7)9-14(5,6)10(17)16(15)12(19)21-13(2,3)4/h8-9H2,1-7H3/t15-/m1/s1. The molecular formula is C15H25NO5. The maximum absolute atomic E-state index is 12.5. The van der Waals surface area contributed by atoms with E-state index in [9.17, 15) is 14.4 Å². The maximum atomic E-state index is 12.5. The van der Waals surface area contributed by atoms with Crippen LogP contribution in [0.25, 0.3) is 0 Å². The van der Waals surface area contributed by atoms with Crippen molar-refractivity contribution in [2.75, 3.05) is 6.61 Å². The third-order valence-corrected chi connectivity index (χ3v) is 3.35. The van der Waals surface area contributed by atoms with E-state index < -0.39 is 34.5 Å². The van der Waals surface area contributed by atoms with Gasteiger partial charge in [-0.1, -0.05) is 13.8 Å². The van der Waals surface area contributed by atoms with E-state index in [0.29, 0.717) is 0 Å². The Labute approximate surface area is 125 Å². The summed E-state index contributed by atoms with van der Waals surface area (Å²) in [5.41, 5.74) is -2.91. The minimum atomic E-state index is -1.33. The third-order valence-electron chi connectivity index (χ3n) is 3.35. The Balaban J connectivity index is 3.19. The molecule has 2 amide bonds. The molecule has 1 heterocycles. The molecule has 0 aromatic heterocycles. The van der Waals surface area contributed by atoms with Crippen LogP contribution in [0.5, 0.6) is 0 Å². The first-order valence-electron chi connectivity index (χ1n) is 7.10. The van der Waals surface area contributed by atoms with Crippen molar-refractivity contribution >= 4 is 18.0 Å². The first-order valence-corrected chi connectivity index (χ1v) is 7.10. The monoisotopic (exact) mass is 299 g/mol. The van der Waals surface area contributed by atoms with Crippen LogP contribution in [-0.4, -0.2) is 40.6 Å². The van der Waals surface area contributed by atoms with Gasteiger partial charge in [-0.25, -0.2) is 14.5 Å². The zero-order valence-corrected chi connectivity index (χ0v) is 13.9. The molecule has 0 bridgehead atoms. The average Bonchev–Trinajstić information content (AvgIpc) is 2.44. The molecule has 1 rings (SSSR count). The molecule has 0 radical (unpaired) electrons. The number of nitrogens with zero attached hydrogens (tertiary/aromatic N) is 1. The minimum Gasteiger partial charge on any atom is -0.464 e. The van der Waals surface area contributed by atoms with E-state index in [1.807, 2.05) is 0 Å². The number of amides is 2. The SMILES string of the molecule is CCOC(=O)[C@@]1(C)CC(C)(C)C(=O)N1C(=O)OC(C)(C)C. The second kappa shape index (κ2) is 5.31. The fourth-order valence-corrected chi connectivity index (χ4v) is 2.58. The lowest BCUT2D eigenvalue weighted by molar-refractivity contribution is -0.157. The van der Waals surface area contributed by atoms with E-state index in [1.165, 1.54) is 0 Å². The Kier molecular flexibility index (Phi) is 4.42. The molecule has 21 heavy (non-hydrogen) atoms. The molecule has 120 valence electrons. The van der Waals surface area contributed by atoms with Gasteiger partial charge in [-0.05, 0) is 41.0 Å². The van der Waals surface area contributed by atoms with Gasteiger partial charge >= 0.3 is 12.1 Å². The summed E-state index contributed by atoms with van der Waals surface area (Å²) in [5, 5.41) is 0. The van der Waals surface area contributed by atoms with Gasteiger partial charge in [-0.15, -0.1) is 0 Å². The van der Waals surface area contributed by atoms with E-state index in [1.54, 1.807) is 48.5 Å². The molecule has 1 atom stereocenters. The largest absolute Gasteiger partial charge is 0.464 e.